The van der Waals surface area contributed by atoms with Crippen molar-refractivity contribution in [1.82, 2.24) is 0 Å². The van der Waals surface area contributed by atoms with Crippen LogP contribution >= 0.6 is 0 Å². The number of fused-ring (bicyclic) bond motifs is 1. The van der Waals surface area contributed by atoms with Gasteiger partial charge in [0.05, 0.1) is 0 Å². The minimum atomic E-state index is -0.758. The number of hydrogen-bond donors (Lipinski definition) is 1. The topological polar surface area (TPSA) is 37.3 Å². The average molecular weight is 232 g/mol. The lowest BCUT2D eigenvalue weighted by Crippen LogP contribution is -2.13. The first-order valence-electron chi connectivity index (χ1n) is 6.25. The van der Waals surface area contributed by atoms with E-state index in [1.165, 1.54) is 11.1 Å². The van der Waals surface area contributed by atoms with E-state index < -0.39 is 5.97 Å². The Kier molecular flexibility index (Phi) is 2.98. The Labute approximate surface area is 103 Å². The highest BCUT2D eigenvalue weighted by molar-refractivity contribution is 5.86. The lowest BCUT2D eigenvalue weighted by Gasteiger charge is -2.25. The highest BCUT2D eigenvalue weighted by atomic mass is 16.4. The molecule has 0 radical (unpaired) electrons. The van der Waals surface area contributed by atoms with Gasteiger partial charge in [0.15, 0.2) is 0 Å². The standard InChI is InChI=1S/C15H20O2/c1-10(2)12-7-9-15(3)8-6-11(14(16)17)4-5-13(12)15/h6H,1,4-5,7-9H2,2-3H3,(H,16,17)/t15-/m1/s1. The summed E-state index contributed by atoms with van der Waals surface area (Å²) < 4.78 is 0. The van der Waals surface area contributed by atoms with Gasteiger partial charge in [-0.3, -0.25) is 0 Å². The van der Waals surface area contributed by atoms with Crippen LogP contribution in [0.4, 0.5) is 0 Å². The maximum atomic E-state index is 11.0. The number of carboxylic acid groups (broad SMARTS) is 1. The van der Waals surface area contributed by atoms with Crippen LogP contribution in [0.25, 0.3) is 0 Å². The molecule has 0 aliphatic heterocycles. The first-order chi connectivity index (χ1) is 7.94. The fraction of sp³-hybridized carbons (Fsp3) is 0.533. The molecule has 0 spiro atoms. The van der Waals surface area contributed by atoms with E-state index >= 15 is 0 Å². The lowest BCUT2D eigenvalue weighted by atomic mass is 9.79. The normalized spacial score (nSPS) is 28.5. The van der Waals surface area contributed by atoms with Crippen LogP contribution in [0.15, 0.2) is 34.9 Å². The van der Waals surface area contributed by atoms with E-state index in [9.17, 15) is 4.79 Å². The molecule has 2 aliphatic carbocycles. The van der Waals surface area contributed by atoms with E-state index in [1.807, 2.05) is 6.08 Å². The Balaban J connectivity index is 2.35. The molecule has 2 aliphatic rings. The van der Waals surface area contributed by atoms with Crippen molar-refractivity contribution in [2.45, 2.75) is 46.0 Å². The molecule has 1 N–H and O–H groups in total. The van der Waals surface area contributed by atoms with Crippen LogP contribution in [-0.4, -0.2) is 11.1 Å². The van der Waals surface area contributed by atoms with Crippen LogP contribution in [0.3, 0.4) is 0 Å². The van der Waals surface area contributed by atoms with Crippen LogP contribution in [-0.2, 0) is 4.79 Å². The number of hydrogen-bond acceptors (Lipinski definition) is 1. The maximum Gasteiger partial charge on any atom is 0.331 e. The third kappa shape index (κ3) is 2.08. The molecule has 0 unspecified atom stereocenters. The Bertz CT molecular complexity index is 440. The largest absolute Gasteiger partial charge is 0.478 e. The van der Waals surface area contributed by atoms with E-state index in [-0.39, 0.29) is 5.41 Å². The third-order valence-electron chi connectivity index (χ3n) is 4.25. The van der Waals surface area contributed by atoms with Gasteiger partial charge < -0.3 is 5.11 Å². The van der Waals surface area contributed by atoms with Crippen molar-refractivity contribution in [3.63, 3.8) is 0 Å². The predicted octanol–water partition coefficient (Wildman–Crippen LogP) is 3.85. The molecule has 2 rings (SSSR count). The minimum Gasteiger partial charge on any atom is -0.478 e. The first-order valence-corrected chi connectivity index (χ1v) is 6.25. The van der Waals surface area contributed by atoms with Gasteiger partial charge in [0.1, 0.15) is 0 Å². The van der Waals surface area contributed by atoms with E-state index in [4.69, 9.17) is 5.11 Å². The molecule has 0 saturated heterocycles. The molecule has 0 aromatic rings. The van der Waals surface area contributed by atoms with Gasteiger partial charge >= 0.3 is 5.97 Å². The summed E-state index contributed by atoms with van der Waals surface area (Å²) in [5.74, 6) is -0.758. The summed E-state index contributed by atoms with van der Waals surface area (Å²) in [5, 5.41) is 9.08. The monoisotopic (exact) mass is 232 g/mol. The van der Waals surface area contributed by atoms with Crippen molar-refractivity contribution in [2.24, 2.45) is 5.41 Å². The number of rotatable bonds is 2. The number of aliphatic carboxylic acids is 1. The molecular weight excluding hydrogens is 212 g/mol. The highest BCUT2D eigenvalue weighted by Gasteiger charge is 2.37. The second-order valence-corrected chi connectivity index (χ2v) is 5.54. The molecule has 1 atom stereocenters. The maximum absolute atomic E-state index is 11.0. The van der Waals surface area contributed by atoms with Crippen molar-refractivity contribution in [2.75, 3.05) is 0 Å². The van der Waals surface area contributed by atoms with Gasteiger partial charge in [-0.2, -0.15) is 0 Å². The molecule has 17 heavy (non-hydrogen) atoms. The van der Waals surface area contributed by atoms with E-state index in [0.717, 1.165) is 31.3 Å². The summed E-state index contributed by atoms with van der Waals surface area (Å²) in [6.45, 7) is 8.38. The fourth-order valence-corrected chi connectivity index (χ4v) is 3.12. The van der Waals surface area contributed by atoms with Crippen molar-refractivity contribution >= 4 is 5.97 Å². The van der Waals surface area contributed by atoms with Gasteiger partial charge in [-0.1, -0.05) is 30.7 Å². The average Bonchev–Trinajstić information content (AvgIpc) is 2.47. The van der Waals surface area contributed by atoms with Crippen LogP contribution in [0.5, 0.6) is 0 Å². The number of allylic oxidation sites excluding steroid dienone is 4. The van der Waals surface area contributed by atoms with Crippen LogP contribution in [0.1, 0.15) is 46.0 Å². The lowest BCUT2D eigenvalue weighted by molar-refractivity contribution is -0.132. The van der Waals surface area contributed by atoms with E-state index in [2.05, 4.69) is 20.4 Å². The second kappa shape index (κ2) is 4.17. The zero-order chi connectivity index (χ0) is 12.6. The molecule has 0 amide bonds. The summed E-state index contributed by atoms with van der Waals surface area (Å²) in [7, 11) is 0. The highest BCUT2D eigenvalue weighted by Crippen LogP contribution is 2.51. The molecule has 92 valence electrons. The Morgan fingerprint density at radius 1 is 1.41 bits per heavy atom. The van der Waals surface area contributed by atoms with Gasteiger partial charge in [-0.15, -0.1) is 0 Å². The van der Waals surface area contributed by atoms with Gasteiger partial charge in [-0.25, -0.2) is 4.79 Å². The summed E-state index contributed by atoms with van der Waals surface area (Å²) in [6, 6.07) is 0. The second-order valence-electron chi connectivity index (χ2n) is 5.54. The molecule has 0 fully saturated rings. The van der Waals surface area contributed by atoms with Gasteiger partial charge in [-0.05, 0) is 50.0 Å². The Morgan fingerprint density at radius 2 is 2.12 bits per heavy atom. The first kappa shape index (κ1) is 12.2. The molecule has 0 heterocycles. The van der Waals surface area contributed by atoms with Crippen LogP contribution < -0.4 is 0 Å². The van der Waals surface area contributed by atoms with E-state index in [1.54, 1.807) is 0 Å². The van der Waals surface area contributed by atoms with Crippen molar-refractivity contribution in [1.29, 1.82) is 0 Å². The van der Waals surface area contributed by atoms with Crippen molar-refractivity contribution in [3.8, 4) is 0 Å². The summed E-state index contributed by atoms with van der Waals surface area (Å²) in [5.41, 5.74) is 4.76. The Morgan fingerprint density at radius 3 is 2.71 bits per heavy atom. The van der Waals surface area contributed by atoms with Gasteiger partial charge in [0, 0.05) is 5.57 Å². The quantitative estimate of drug-likeness (QED) is 0.785. The SMILES string of the molecule is C=C(C)C1=C2CCC(C(=O)O)=CC[C@]2(C)CC1. The molecular formula is C15H20O2. The van der Waals surface area contributed by atoms with Gasteiger partial charge in [0.25, 0.3) is 0 Å². The molecule has 0 saturated carbocycles. The molecule has 0 aromatic carbocycles. The number of carbonyl (C=O) groups is 1. The Hall–Kier alpha value is -1.31. The van der Waals surface area contributed by atoms with Gasteiger partial charge in [0.2, 0.25) is 0 Å². The van der Waals surface area contributed by atoms with Crippen molar-refractivity contribution in [3.05, 3.63) is 34.9 Å². The zero-order valence-corrected chi connectivity index (χ0v) is 10.7. The number of carboxylic acids is 1. The minimum absolute atomic E-state index is 0.172. The smallest absolute Gasteiger partial charge is 0.331 e. The molecule has 0 aromatic heterocycles. The summed E-state index contributed by atoms with van der Waals surface area (Å²) >= 11 is 0. The summed E-state index contributed by atoms with van der Waals surface area (Å²) in [4.78, 5) is 11.0. The fourth-order valence-electron chi connectivity index (χ4n) is 3.12. The summed E-state index contributed by atoms with van der Waals surface area (Å²) in [6.07, 6.45) is 6.58. The molecule has 2 heteroatoms. The van der Waals surface area contributed by atoms with Crippen LogP contribution in [0.2, 0.25) is 0 Å². The molecule has 2 nitrogen and oxygen atoms in total. The molecule has 0 bridgehead atoms. The third-order valence-corrected chi connectivity index (χ3v) is 4.25. The van der Waals surface area contributed by atoms with Crippen molar-refractivity contribution < 1.29 is 9.90 Å². The van der Waals surface area contributed by atoms with E-state index in [0.29, 0.717) is 12.0 Å². The predicted molar refractivity (Wildman–Crippen MR) is 68.8 cm³/mol. The zero-order valence-electron chi connectivity index (χ0n) is 10.7. The van der Waals surface area contributed by atoms with Crippen LogP contribution in [0, 0.1) is 5.41 Å².